The molecule has 0 saturated heterocycles. The van der Waals surface area contributed by atoms with Gasteiger partial charge in [-0.1, -0.05) is 0 Å². The largest absolute Gasteiger partial charge is 0.487 e. The molecule has 0 aromatic carbocycles. The van der Waals surface area contributed by atoms with E-state index < -0.39 is 0 Å². The van der Waals surface area contributed by atoms with Crippen molar-refractivity contribution in [3.05, 3.63) is 18.3 Å². The zero-order valence-corrected chi connectivity index (χ0v) is 10.8. The van der Waals surface area contributed by atoms with Gasteiger partial charge in [0.1, 0.15) is 0 Å². The molecule has 1 fully saturated rings. The standard InChI is InChI=1S/C13H19N3O2/c1-9(2)18-11-4-3-7-14-13(11)15-8-12(17)16-10-5-6-10/h3-4,7,9-10H,5-6,8H2,1-2H3,(H,14,15)(H,16,17). The Bertz CT molecular complexity index is 416. The van der Waals surface area contributed by atoms with Crippen molar-refractivity contribution in [2.24, 2.45) is 0 Å². The highest BCUT2D eigenvalue weighted by molar-refractivity contribution is 5.81. The molecular formula is C13H19N3O2. The molecule has 1 amide bonds. The summed E-state index contributed by atoms with van der Waals surface area (Å²) in [6.45, 7) is 4.13. The van der Waals surface area contributed by atoms with E-state index in [0.29, 0.717) is 17.6 Å². The van der Waals surface area contributed by atoms with Crippen molar-refractivity contribution >= 4 is 11.7 Å². The third-order valence-corrected chi connectivity index (χ3v) is 2.49. The van der Waals surface area contributed by atoms with Gasteiger partial charge in [-0.2, -0.15) is 0 Å². The number of ether oxygens (including phenoxy) is 1. The van der Waals surface area contributed by atoms with Crippen molar-refractivity contribution in [1.82, 2.24) is 10.3 Å². The van der Waals surface area contributed by atoms with Gasteiger partial charge in [-0.3, -0.25) is 4.79 Å². The molecule has 0 bridgehead atoms. The van der Waals surface area contributed by atoms with E-state index in [1.54, 1.807) is 6.20 Å². The molecule has 18 heavy (non-hydrogen) atoms. The average molecular weight is 249 g/mol. The maximum Gasteiger partial charge on any atom is 0.239 e. The second-order valence-electron chi connectivity index (χ2n) is 4.71. The van der Waals surface area contributed by atoms with Crippen LogP contribution in [0.5, 0.6) is 5.75 Å². The van der Waals surface area contributed by atoms with Gasteiger partial charge >= 0.3 is 0 Å². The van der Waals surface area contributed by atoms with Crippen LogP contribution in [-0.4, -0.2) is 29.6 Å². The summed E-state index contributed by atoms with van der Waals surface area (Å²) < 4.78 is 5.61. The minimum atomic E-state index is -0.00125. The van der Waals surface area contributed by atoms with Crippen LogP contribution < -0.4 is 15.4 Å². The summed E-state index contributed by atoms with van der Waals surface area (Å²) in [7, 11) is 0. The molecule has 1 aromatic rings. The molecule has 5 nitrogen and oxygen atoms in total. The lowest BCUT2D eigenvalue weighted by molar-refractivity contribution is -0.119. The third-order valence-electron chi connectivity index (χ3n) is 2.49. The number of hydrogen-bond donors (Lipinski definition) is 2. The Morgan fingerprint density at radius 2 is 2.33 bits per heavy atom. The van der Waals surface area contributed by atoms with Gasteiger partial charge in [-0.05, 0) is 38.8 Å². The predicted octanol–water partition coefficient (Wildman–Crippen LogP) is 1.56. The van der Waals surface area contributed by atoms with Crippen LogP contribution in [0.2, 0.25) is 0 Å². The van der Waals surface area contributed by atoms with Crippen LogP contribution in [0.4, 0.5) is 5.82 Å². The van der Waals surface area contributed by atoms with E-state index in [1.165, 1.54) is 0 Å². The Labute approximate surface area is 107 Å². The monoisotopic (exact) mass is 249 g/mol. The molecule has 0 radical (unpaired) electrons. The Morgan fingerprint density at radius 1 is 1.56 bits per heavy atom. The molecule has 1 aliphatic carbocycles. The molecule has 0 atom stereocenters. The van der Waals surface area contributed by atoms with Crippen LogP contribution in [0.1, 0.15) is 26.7 Å². The van der Waals surface area contributed by atoms with Gasteiger partial charge in [0.25, 0.3) is 0 Å². The Hall–Kier alpha value is -1.78. The number of carbonyl (C=O) groups excluding carboxylic acids is 1. The third kappa shape index (κ3) is 3.91. The first-order chi connectivity index (χ1) is 8.65. The average Bonchev–Trinajstić information content (AvgIpc) is 3.11. The zero-order valence-electron chi connectivity index (χ0n) is 10.8. The first-order valence-electron chi connectivity index (χ1n) is 6.30. The van der Waals surface area contributed by atoms with Gasteiger partial charge in [0.15, 0.2) is 11.6 Å². The molecule has 1 heterocycles. The Balaban J connectivity index is 1.88. The summed E-state index contributed by atoms with van der Waals surface area (Å²) >= 11 is 0. The minimum absolute atomic E-state index is 0.00125. The number of nitrogens with zero attached hydrogens (tertiary/aromatic N) is 1. The van der Waals surface area contributed by atoms with E-state index in [1.807, 2.05) is 26.0 Å². The lowest BCUT2D eigenvalue weighted by atomic mass is 10.4. The predicted molar refractivity (Wildman–Crippen MR) is 69.7 cm³/mol. The van der Waals surface area contributed by atoms with Crippen LogP contribution >= 0.6 is 0 Å². The van der Waals surface area contributed by atoms with E-state index in [2.05, 4.69) is 15.6 Å². The lowest BCUT2D eigenvalue weighted by Gasteiger charge is -2.14. The molecule has 0 spiro atoms. The fraction of sp³-hybridized carbons (Fsp3) is 0.538. The van der Waals surface area contributed by atoms with Crippen molar-refractivity contribution in [1.29, 1.82) is 0 Å². The molecule has 98 valence electrons. The quantitative estimate of drug-likeness (QED) is 0.803. The highest BCUT2D eigenvalue weighted by atomic mass is 16.5. The second kappa shape index (κ2) is 5.71. The number of nitrogens with one attached hydrogen (secondary N) is 2. The normalized spacial score (nSPS) is 14.4. The molecule has 1 aromatic heterocycles. The van der Waals surface area contributed by atoms with Crippen LogP contribution in [0.25, 0.3) is 0 Å². The molecule has 1 saturated carbocycles. The number of hydrogen-bond acceptors (Lipinski definition) is 4. The molecule has 2 rings (SSSR count). The van der Waals surface area contributed by atoms with Crippen LogP contribution in [-0.2, 0) is 4.79 Å². The van der Waals surface area contributed by atoms with Crippen molar-refractivity contribution in [2.75, 3.05) is 11.9 Å². The first-order valence-corrected chi connectivity index (χ1v) is 6.30. The molecule has 2 N–H and O–H groups in total. The molecule has 1 aliphatic rings. The Morgan fingerprint density at radius 3 is 3.00 bits per heavy atom. The number of amides is 1. The van der Waals surface area contributed by atoms with E-state index in [9.17, 15) is 4.79 Å². The number of carbonyl (C=O) groups is 1. The van der Waals surface area contributed by atoms with Crippen molar-refractivity contribution in [2.45, 2.75) is 38.8 Å². The summed E-state index contributed by atoms with van der Waals surface area (Å²) in [5, 5.41) is 5.92. The SMILES string of the molecule is CC(C)Oc1cccnc1NCC(=O)NC1CC1. The topological polar surface area (TPSA) is 63.2 Å². The maximum atomic E-state index is 11.6. The fourth-order valence-corrected chi connectivity index (χ4v) is 1.54. The van der Waals surface area contributed by atoms with Gasteiger partial charge in [-0.15, -0.1) is 0 Å². The number of aromatic nitrogens is 1. The van der Waals surface area contributed by atoms with Gasteiger partial charge in [0.05, 0.1) is 12.6 Å². The molecule has 0 unspecified atom stereocenters. The van der Waals surface area contributed by atoms with E-state index in [0.717, 1.165) is 12.8 Å². The van der Waals surface area contributed by atoms with Crippen LogP contribution in [0.15, 0.2) is 18.3 Å². The van der Waals surface area contributed by atoms with Crippen molar-refractivity contribution < 1.29 is 9.53 Å². The molecule has 5 heteroatoms. The van der Waals surface area contributed by atoms with E-state index in [4.69, 9.17) is 4.74 Å². The summed E-state index contributed by atoms with van der Waals surface area (Å²) in [6.07, 6.45) is 3.94. The highest BCUT2D eigenvalue weighted by Crippen LogP contribution is 2.22. The van der Waals surface area contributed by atoms with Crippen molar-refractivity contribution in [3.63, 3.8) is 0 Å². The smallest absolute Gasteiger partial charge is 0.239 e. The summed E-state index contributed by atoms with van der Waals surface area (Å²) in [5.74, 6) is 1.28. The van der Waals surface area contributed by atoms with Gasteiger partial charge < -0.3 is 15.4 Å². The highest BCUT2D eigenvalue weighted by Gasteiger charge is 2.23. The molecule has 0 aliphatic heterocycles. The van der Waals surface area contributed by atoms with Crippen LogP contribution in [0.3, 0.4) is 0 Å². The number of rotatable bonds is 6. The minimum Gasteiger partial charge on any atom is -0.487 e. The summed E-state index contributed by atoms with van der Waals surface area (Å²) in [5.41, 5.74) is 0. The summed E-state index contributed by atoms with van der Waals surface area (Å²) in [4.78, 5) is 15.7. The number of anilines is 1. The van der Waals surface area contributed by atoms with Gasteiger partial charge in [0, 0.05) is 12.2 Å². The van der Waals surface area contributed by atoms with Gasteiger partial charge in [-0.25, -0.2) is 4.98 Å². The first kappa shape index (κ1) is 12.7. The van der Waals surface area contributed by atoms with Gasteiger partial charge in [0.2, 0.25) is 5.91 Å². The molecular weight excluding hydrogens is 230 g/mol. The number of pyridine rings is 1. The van der Waals surface area contributed by atoms with E-state index in [-0.39, 0.29) is 18.6 Å². The van der Waals surface area contributed by atoms with Crippen LogP contribution in [0, 0.1) is 0 Å². The van der Waals surface area contributed by atoms with E-state index >= 15 is 0 Å². The lowest BCUT2D eigenvalue weighted by Crippen LogP contribution is -2.31. The maximum absolute atomic E-state index is 11.6. The fourth-order valence-electron chi connectivity index (χ4n) is 1.54. The second-order valence-corrected chi connectivity index (χ2v) is 4.71. The van der Waals surface area contributed by atoms with Crippen molar-refractivity contribution in [3.8, 4) is 5.75 Å². The Kier molecular flexibility index (Phi) is 4.02. The zero-order chi connectivity index (χ0) is 13.0. The summed E-state index contributed by atoms with van der Waals surface area (Å²) in [6, 6.07) is 4.04.